The van der Waals surface area contributed by atoms with Gasteiger partial charge >= 0.3 is 0 Å². The molecule has 1 aromatic heterocycles. The van der Waals surface area contributed by atoms with Crippen molar-refractivity contribution < 1.29 is 14.3 Å². The summed E-state index contributed by atoms with van der Waals surface area (Å²) in [4.78, 5) is 18.0. The Morgan fingerprint density at radius 1 is 1.06 bits per heavy atom. The summed E-state index contributed by atoms with van der Waals surface area (Å²) in [5, 5.41) is 5.35. The monoisotopic (exact) mass is 485 g/mol. The number of hydrogen-bond acceptors (Lipinski definition) is 5. The van der Waals surface area contributed by atoms with Crippen LogP contribution in [0.2, 0.25) is 5.02 Å². The molecule has 0 fully saturated rings. The summed E-state index contributed by atoms with van der Waals surface area (Å²) in [7, 11) is 0. The minimum absolute atomic E-state index is 0.153. The predicted molar refractivity (Wildman–Crippen MR) is 139 cm³/mol. The highest BCUT2D eigenvalue weighted by molar-refractivity contribution is 6.33. The van der Waals surface area contributed by atoms with Crippen molar-refractivity contribution in [3.05, 3.63) is 87.9 Å². The minimum Gasteiger partial charge on any atom is -0.454 e. The van der Waals surface area contributed by atoms with Crippen molar-refractivity contribution in [2.75, 3.05) is 6.79 Å². The summed E-state index contributed by atoms with van der Waals surface area (Å²) in [6.45, 7) is 6.45. The van der Waals surface area contributed by atoms with Crippen LogP contribution in [0.25, 0.3) is 22.2 Å². The molecule has 7 heteroatoms. The number of rotatable bonds is 5. The summed E-state index contributed by atoms with van der Waals surface area (Å²) in [6, 6.07) is 19.4. The second-order valence-corrected chi connectivity index (χ2v) is 9.19. The van der Waals surface area contributed by atoms with E-state index >= 15 is 0 Å². The summed E-state index contributed by atoms with van der Waals surface area (Å²) in [6.07, 6.45) is 1.49. The largest absolute Gasteiger partial charge is 0.454 e. The van der Waals surface area contributed by atoms with Gasteiger partial charge in [0.15, 0.2) is 11.5 Å². The van der Waals surface area contributed by atoms with Crippen LogP contribution in [-0.4, -0.2) is 23.9 Å². The molecule has 6 nitrogen and oxygen atoms in total. The van der Waals surface area contributed by atoms with Gasteiger partial charge in [-0.05, 0) is 42.7 Å². The fourth-order valence-corrected chi connectivity index (χ4v) is 4.17. The summed E-state index contributed by atoms with van der Waals surface area (Å²) < 4.78 is 10.7. The number of aryl methyl sites for hydroxylation is 1. The van der Waals surface area contributed by atoms with Gasteiger partial charge in [0.05, 0.1) is 28.0 Å². The zero-order valence-corrected chi connectivity index (χ0v) is 20.4. The molecule has 0 atom stereocenters. The van der Waals surface area contributed by atoms with Crippen molar-refractivity contribution in [1.82, 2.24) is 10.4 Å². The van der Waals surface area contributed by atoms with Crippen LogP contribution in [0, 0.1) is 6.92 Å². The van der Waals surface area contributed by atoms with E-state index in [-0.39, 0.29) is 12.7 Å². The maximum Gasteiger partial charge on any atom is 0.272 e. The molecule has 0 radical (unpaired) electrons. The number of nitrogens with one attached hydrogen (secondary N) is 1. The molecule has 1 aliphatic heterocycles. The molecule has 0 saturated carbocycles. The van der Waals surface area contributed by atoms with E-state index in [0.717, 1.165) is 27.7 Å². The lowest BCUT2D eigenvalue weighted by molar-refractivity contribution is 0.0956. The summed E-state index contributed by atoms with van der Waals surface area (Å²) in [5.41, 5.74) is 8.44. The lowest BCUT2D eigenvalue weighted by Gasteiger charge is -2.11. The number of fused-ring (bicyclic) bond motifs is 2. The molecule has 0 bridgehead atoms. The van der Waals surface area contributed by atoms with E-state index in [1.165, 1.54) is 11.8 Å². The van der Waals surface area contributed by atoms with Crippen molar-refractivity contribution in [3.63, 3.8) is 0 Å². The van der Waals surface area contributed by atoms with Gasteiger partial charge in [0.25, 0.3) is 5.91 Å². The number of carbonyl (C=O) groups excluding carboxylic acids is 1. The number of aromatic nitrogens is 1. The van der Waals surface area contributed by atoms with Crippen LogP contribution in [-0.2, 0) is 0 Å². The van der Waals surface area contributed by atoms with E-state index in [1.54, 1.807) is 12.1 Å². The quantitative estimate of drug-likeness (QED) is 0.259. The number of halogens is 1. The van der Waals surface area contributed by atoms with E-state index in [0.29, 0.717) is 33.6 Å². The molecule has 0 unspecified atom stereocenters. The topological polar surface area (TPSA) is 72.8 Å². The Morgan fingerprint density at radius 3 is 2.54 bits per heavy atom. The Labute approximate surface area is 208 Å². The summed E-state index contributed by atoms with van der Waals surface area (Å²) >= 11 is 6.31. The number of ether oxygens (including phenoxy) is 2. The van der Waals surface area contributed by atoms with Crippen molar-refractivity contribution >= 4 is 34.6 Å². The van der Waals surface area contributed by atoms with Crippen LogP contribution in [0.15, 0.2) is 65.8 Å². The summed E-state index contributed by atoms with van der Waals surface area (Å²) in [5.74, 6) is 1.28. The first-order valence-corrected chi connectivity index (χ1v) is 11.7. The first kappa shape index (κ1) is 22.9. The van der Waals surface area contributed by atoms with Crippen LogP contribution in [0.4, 0.5) is 0 Å². The van der Waals surface area contributed by atoms with Gasteiger partial charge in [-0.15, -0.1) is 0 Å². The molecule has 176 valence electrons. The smallest absolute Gasteiger partial charge is 0.272 e. The van der Waals surface area contributed by atoms with Crippen LogP contribution in [0.1, 0.15) is 46.8 Å². The third-order valence-electron chi connectivity index (χ3n) is 5.94. The molecular formula is C28H24ClN3O3. The number of hydrazone groups is 1. The Balaban J connectivity index is 1.47. The molecular weight excluding hydrogens is 462 g/mol. The molecule has 0 spiro atoms. The van der Waals surface area contributed by atoms with E-state index in [1.807, 2.05) is 43.3 Å². The fourth-order valence-electron chi connectivity index (χ4n) is 3.97. The van der Waals surface area contributed by atoms with Crippen LogP contribution < -0.4 is 14.9 Å². The van der Waals surface area contributed by atoms with Crippen LogP contribution >= 0.6 is 11.6 Å². The van der Waals surface area contributed by atoms with Gasteiger partial charge < -0.3 is 9.47 Å². The second kappa shape index (κ2) is 9.39. The first-order valence-electron chi connectivity index (χ1n) is 11.3. The molecule has 0 saturated heterocycles. The number of nitrogens with zero attached hydrogens (tertiary/aromatic N) is 2. The first-order chi connectivity index (χ1) is 16.9. The number of hydrogen-bond donors (Lipinski definition) is 1. The standard InChI is InChI=1S/C28H24ClN3O3/c1-16(2)18-5-7-19(8-6-18)25-12-22(21-10-17(3)4-9-24(21)31-25)28(33)32-30-14-20-11-26-27(13-23(20)29)35-15-34-26/h4-14,16H,15H2,1-3H3,(H,32,33). The molecule has 1 amide bonds. The third kappa shape index (κ3) is 4.70. The zero-order valence-electron chi connectivity index (χ0n) is 19.6. The molecule has 2 heterocycles. The third-order valence-corrected chi connectivity index (χ3v) is 6.27. The molecule has 3 aromatic carbocycles. The average molecular weight is 486 g/mol. The van der Waals surface area contributed by atoms with Gasteiger partial charge in [-0.2, -0.15) is 5.10 Å². The van der Waals surface area contributed by atoms with Gasteiger partial charge in [-0.3, -0.25) is 4.79 Å². The molecule has 1 N–H and O–H groups in total. The van der Waals surface area contributed by atoms with E-state index in [4.69, 9.17) is 26.1 Å². The maximum absolute atomic E-state index is 13.2. The van der Waals surface area contributed by atoms with Gasteiger partial charge in [0.2, 0.25) is 6.79 Å². The molecule has 1 aliphatic rings. The molecule has 0 aliphatic carbocycles. The Kier molecular flexibility index (Phi) is 6.14. The lowest BCUT2D eigenvalue weighted by atomic mass is 9.99. The average Bonchev–Trinajstić information content (AvgIpc) is 3.30. The SMILES string of the molecule is Cc1ccc2nc(-c3ccc(C(C)C)cc3)cc(C(=O)NN=Cc3cc4c(cc3Cl)OCO4)c2c1. The highest BCUT2D eigenvalue weighted by atomic mass is 35.5. The Bertz CT molecular complexity index is 1460. The number of benzene rings is 3. The normalized spacial score (nSPS) is 12.6. The van der Waals surface area contributed by atoms with Gasteiger partial charge in [-0.1, -0.05) is 61.3 Å². The van der Waals surface area contributed by atoms with Gasteiger partial charge in [0, 0.05) is 22.6 Å². The van der Waals surface area contributed by atoms with Crippen molar-refractivity contribution in [2.45, 2.75) is 26.7 Å². The Hall–Kier alpha value is -3.90. The predicted octanol–water partition coefficient (Wildman–Crippen LogP) is 6.48. The molecule has 4 aromatic rings. The van der Waals surface area contributed by atoms with E-state index < -0.39 is 0 Å². The highest BCUT2D eigenvalue weighted by Gasteiger charge is 2.17. The van der Waals surface area contributed by atoms with Crippen LogP contribution in [0.5, 0.6) is 11.5 Å². The maximum atomic E-state index is 13.2. The van der Waals surface area contributed by atoms with Crippen molar-refractivity contribution in [3.8, 4) is 22.8 Å². The highest BCUT2D eigenvalue weighted by Crippen LogP contribution is 2.36. The number of amides is 1. The molecule has 35 heavy (non-hydrogen) atoms. The number of pyridine rings is 1. The van der Waals surface area contributed by atoms with Gasteiger partial charge in [0.1, 0.15) is 0 Å². The molecule has 5 rings (SSSR count). The fraction of sp³-hybridized carbons (Fsp3) is 0.179. The lowest BCUT2D eigenvalue weighted by Crippen LogP contribution is -2.18. The second-order valence-electron chi connectivity index (χ2n) is 8.78. The van der Waals surface area contributed by atoms with Crippen LogP contribution in [0.3, 0.4) is 0 Å². The van der Waals surface area contributed by atoms with E-state index in [9.17, 15) is 4.79 Å². The zero-order chi connectivity index (χ0) is 24.5. The number of carbonyl (C=O) groups is 1. The minimum atomic E-state index is -0.337. The van der Waals surface area contributed by atoms with Gasteiger partial charge in [-0.25, -0.2) is 10.4 Å². The Morgan fingerprint density at radius 2 is 1.80 bits per heavy atom. The van der Waals surface area contributed by atoms with E-state index in [2.05, 4.69) is 36.5 Å². The van der Waals surface area contributed by atoms with Crippen molar-refractivity contribution in [1.29, 1.82) is 0 Å². The van der Waals surface area contributed by atoms with Crippen molar-refractivity contribution in [2.24, 2.45) is 5.10 Å².